The molecule has 0 aliphatic carbocycles. The third-order valence-electron chi connectivity index (χ3n) is 3.90. The van der Waals surface area contributed by atoms with E-state index in [1.165, 1.54) is 12.8 Å². The van der Waals surface area contributed by atoms with E-state index in [2.05, 4.69) is 17.1 Å². The maximum absolute atomic E-state index is 10.0. The molecule has 1 atom stereocenters. The fourth-order valence-corrected chi connectivity index (χ4v) is 2.57. The van der Waals surface area contributed by atoms with E-state index in [9.17, 15) is 5.11 Å². The Bertz CT molecular complexity index is 386. The molecular formula is C15H26N2O3. The van der Waals surface area contributed by atoms with Crippen LogP contribution in [-0.4, -0.2) is 47.4 Å². The van der Waals surface area contributed by atoms with Gasteiger partial charge in [-0.05, 0) is 44.0 Å². The van der Waals surface area contributed by atoms with Crippen LogP contribution in [0.15, 0.2) is 16.5 Å². The highest BCUT2D eigenvalue weighted by molar-refractivity contribution is 5.06. The number of nitrogens with zero attached hydrogens (tertiary/aromatic N) is 1. The minimum absolute atomic E-state index is 0.0734. The molecule has 0 bridgehead atoms. The number of aliphatic hydroxyl groups excluding tert-OH is 2. The second-order valence-corrected chi connectivity index (χ2v) is 5.79. The molecule has 3 N–H and O–H groups in total. The van der Waals surface area contributed by atoms with E-state index < -0.39 is 0 Å². The molecule has 1 aliphatic rings. The monoisotopic (exact) mass is 282 g/mol. The summed E-state index contributed by atoms with van der Waals surface area (Å²) in [6.07, 6.45) is 2.11. The zero-order chi connectivity index (χ0) is 14.4. The van der Waals surface area contributed by atoms with E-state index in [0.717, 1.165) is 31.3 Å². The van der Waals surface area contributed by atoms with Crippen molar-refractivity contribution in [3.8, 4) is 0 Å². The predicted octanol–water partition coefficient (Wildman–Crippen LogP) is 0.954. The molecular weight excluding hydrogens is 256 g/mol. The number of furan rings is 1. The van der Waals surface area contributed by atoms with Crippen LogP contribution in [0.3, 0.4) is 0 Å². The van der Waals surface area contributed by atoms with Crippen LogP contribution in [0.25, 0.3) is 0 Å². The van der Waals surface area contributed by atoms with Crippen molar-refractivity contribution in [2.75, 3.05) is 26.2 Å². The van der Waals surface area contributed by atoms with E-state index in [1.54, 1.807) is 6.07 Å². The molecule has 2 heterocycles. The normalized spacial score (nSPS) is 19.4. The van der Waals surface area contributed by atoms with Crippen molar-refractivity contribution in [3.63, 3.8) is 0 Å². The fourth-order valence-electron chi connectivity index (χ4n) is 2.57. The molecule has 0 amide bonds. The average molecular weight is 282 g/mol. The number of nitrogens with one attached hydrogen (secondary N) is 1. The van der Waals surface area contributed by atoms with Gasteiger partial charge in [0.05, 0.1) is 12.6 Å². The zero-order valence-corrected chi connectivity index (χ0v) is 12.2. The number of hydrogen-bond acceptors (Lipinski definition) is 5. The molecule has 1 aromatic heterocycles. The smallest absolute Gasteiger partial charge is 0.129 e. The van der Waals surface area contributed by atoms with E-state index in [1.807, 2.05) is 6.07 Å². The van der Waals surface area contributed by atoms with Gasteiger partial charge in [-0.25, -0.2) is 0 Å². The first-order valence-electron chi connectivity index (χ1n) is 7.47. The topological polar surface area (TPSA) is 68.9 Å². The van der Waals surface area contributed by atoms with Gasteiger partial charge in [0.15, 0.2) is 0 Å². The molecule has 0 saturated carbocycles. The Balaban J connectivity index is 1.61. The van der Waals surface area contributed by atoms with Gasteiger partial charge < -0.3 is 24.8 Å². The van der Waals surface area contributed by atoms with E-state index in [0.29, 0.717) is 18.8 Å². The fraction of sp³-hybridized carbons (Fsp3) is 0.733. The Morgan fingerprint density at radius 1 is 1.35 bits per heavy atom. The van der Waals surface area contributed by atoms with Crippen molar-refractivity contribution in [3.05, 3.63) is 23.7 Å². The van der Waals surface area contributed by atoms with Crippen LogP contribution >= 0.6 is 0 Å². The highest BCUT2D eigenvalue weighted by Gasteiger charge is 2.18. The summed E-state index contributed by atoms with van der Waals surface area (Å²) >= 11 is 0. The first-order chi connectivity index (χ1) is 9.67. The summed E-state index contributed by atoms with van der Waals surface area (Å²) < 4.78 is 5.37. The highest BCUT2D eigenvalue weighted by atomic mass is 16.4. The van der Waals surface area contributed by atoms with Crippen molar-refractivity contribution in [2.45, 2.75) is 39.0 Å². The van der Waals surface area contributed by atoms with Crippen molar-refractivity contribution < 1.29 is 14.6 Å². The maximum Gasteiger partial charge on any atom is 0.129 e. The Labute approximate surface area is 120 Å². The molecule has 1 unspecified atom stereocenters. The molecule has 1 fully saturated rings. The van der Waals surface area contributed by atoms with Gasteiger partial charge in [0, 0.05) is 13.1 Å². The first kappa shape index (κ1) is 15.5. The molecule has 2 rings (SSSR count). The third-order valence-corrected chi connectivity index (χ3v) is 3.90. The van der Waals surface area contributed by atoms with E-state index in [4.69, 9.17) is 9.52 Å². The van der Waals surface area contributed by atoms with Gasteiger partial charge in [-0.3, -0.25) is 0 Å². The van der Waals surface area contributed by atoms with Crippen LogP contribution in [0.4, 0.5) is 0 Å². The molecule has 1 aromatic rings. The minimum atomic E-state index is -0.351. The molecule has 20 heavy (non-hydrogen) atoms. The third kappa shape index (κ3) is 4.90. The van der Waals surface area contributed by atoms with Crippen molar-refractivity contribution in [2.24, 2.45) is 5.92 Å². The van der Waals surface area contributed by atoms with Gasteiger partial charge in [0.2, 0.25) is 0 Å². The van der Waals surface area contributed by atoms with Crippen LogP contribution in [0.5, 0.6) is 0 Å². The molecule has 0 spiro atoms. The standard InChI is InChI=1S/C15H26N2O3/c1-12-4-6-17(7-5-12)10-13(19)8-16-9-14-2-3-15(11-18)20-14/h2-3,12-13,16,18-19H,4-11H2,1H3. The summed E-state index contributed by atoms with van der Waals surface area (Å²) in [5.41, 5.74) is 0. The van der Waals surface area contributed by atoms with Crippen molar-refractivity contribution in [1.29, 1.82) is 0 Å². The number of β-amino-alcohol motifs (C(OH)–C–C–N with tert-alkyl or cyclic N) is 1. The molecule has 5 nitrogen and oxygen atoms in total. The van der Waals surface area contributed by atoms with Crippen LogP contribution in [0, 0.1) is 5.92 Å². The van der Waals surface area contributed by atoms with Gasteiger partial charge in [-0.2, -0.15) is 0 Å². The van der Waals surface area contributed by atoms with Gasteiger partial charge in [-0.1, -0.05) is 6.92 Å². The lowest BCUT2D eigenvalue weighted by Crippen LogP contribution is -2.41. The average Bonchev–Trinajstić information content (AvgIpc) is 2.89. The molecule has 114 valence electrons. The lowest BCUT2D eigenvalue weighted by atomic mass is 9.99. The Morgan fingerprint density at radius 2 is 2.05 bits per heavy atom. The summed E-state index contributed by atoms with van der Waals surface area (Å²) in [5, 5.41) is 22.1. The number of hydrogen-bond donors (Lipinski definition) is 3. The van der Waals surface area contributed by atoms with Crippen LogP contribution in [-0.2, 0) is 13.2 Å². The molecule has 0 aromatic carbocycles. The summed E-state index contributed by atoms with van der Waals surface area (Å²) in [5.74, 6) is 2.18. The van der Waals surface area contributed by atoms with Crippen LogP contribution < -0.4 is 5.32 Å². The molecule has 0 radical (unpaired) electrons. The number of piperidine rings is 1. The van der Waals surface area contributed by atoms with Gasteiger partial charge in [-0.15, -0.1) is 0 Å². The van der Waals surface area contributed by atoms with Gasteiger partial charge in [0.25, 0.3) is 0 Å². The number of rotatable bonds is 7. The molecule has 1 aliphatic heterocycles. The Morgan fingerprint density at radius 3 is 2.70 bits per heavy atom. The Kier molecular flexibility index (Phi) is 6.04. The summed E-state index contributed by atoms with van der Waals surface area (Å²) in [4.78, 5) is 2.34. The second-order valence-electron chi connectivity index (χ2n) is 5.79. The lowest BCUT2D eigenvalue weighted by Gasteiger charge is -2.31. The van der Waals surface area contributed by atoms with Gasteiger partial charge in [0.1, 0.15) is 18.1 Å². The van der Waals surface area contributed by atoms with Gasteiger partial charge >= 0.3 is 0 Å². The predicted molar refractivity (Wildman–Crippen MR) is 77.2 cm³/mol. The molecule has 5 heteroatoms. The number of likely N-dealkylation sites (tertiary alicyclic amines) is 1. The largest absolute Gasteiger partial charge is 0.462 e. The molecule has 1 saturated heterocycles. The SMILES string of the molecule is CC1CCN(CC(O)CNCc2ccc(CO)o2)CC1. The number of aliphatic hydroxyl groups is 2. The van der Waals surface area contributed by atoms with Crippen molar-refractivity contribution in [1.82, 2.24) is 10.2 Å². The van der Waals surface area contributed by atoms with Crippen molar-refractivity contribution >= 4 is 0 Å². The van der Waals surface area contributed by atoms with Crippen LogP contribution in [0.1, 0.15) is 31.3 Å². The highest BCUT2D eigenvalue weighted by Crippen LogP contribution is 2.15. The van der Waals surface area contributed by atoms with E-state index in [-0.39, 0.29) is 12.7 Å². The Hall–Kier alpha value is -0.880. The second kappa shape index (κ2) is 7.78. The summed E-state index contributed by atoms with van der Waals surface area (Å²) in [6.45, 7) is 6.27. The first-order valence-corrected chi connectivity index (χ1v) is 7.47. The lowest BCUT2D eigenvalue weighted by molar-refractivity contribution is 0.0903. The maximum atomic E-state index is 10.0. The van der Waals surface area contributed by atoms with E-state index >= 15 is 0 Å². The summed E-state index contributed by atoms with van der Waals surface area (Å²) in [6, 6.07) is 3.61. The quantitative estimate of drug-likeness (QED) is 0.695. The zero-order valence-electron chi connectivity index (χ0n) is 12.2. The minimum Gasteiger partial charge on any atom is -0.462 e. The summed E-state index contributed by atoms with van der Waals surface area (Å²) in [7, 11) is 0. The van der Waals surface area contributed by atoms with Crippen LogP contribution in [0.2, 0.25) is 0 Å².